The van der Waals surface area contributed by atoms with Crippen molar-refractivity contribution in [2.45, 2.75) is 0 Å². The van der Waals surface area contributed by atoms with Gasteiger partial charge in [-0.05, 0) is 24.3 Å². The minimum Gasteiger partial charge on any atom is -0.254 e. The third-order valence-corrected chi connectivity index (χ3v) is 3.20. The fourth-order valence-electron chi connectivity index (χ4n) is 2.22. The van der Waals surface area contributed by atoms with Gasteiger partial charge in [-0.25, -0.2) is 0 Å². The zero-order chi connectivity index (χ0) is 14.1. The Morgan fingerprint density at radius 2 is 1.57 bits per heavy atom. The average molecular weight is 274 g/mol. The van der Waals surface area contributed by atoms with Crippen molar-refractivity contribution >= 4 is 11.0 Å². The van der Waals surface area contributed by atoms with E-state index in [-0.39, 0.29) is 0 Å². The molecule has 4 aromatic rings. The standard InChI is InChI=1S/C15H10N6/c1-2-6-16-12(3-1)15-14(19-21-20-15)10-4-5-11-13(9-10)18-8-7-17-11/h1-9H,(H,19,20,21). The molecule has 0 aliphatic carbocycles. The van der Waals surface area contributed by atoms with Crippen LogP contribution in [-0.4, -0.2) is 30.4 Å². The monoisotopic (exact) mass is 274 g/mol. The summed E-state index contributed by atoms with van der Waals surface area (Å²) in [6.45, 7) is 0. The Labute approximate surface area is 119 Å². The first-order valence-electron chi connectivity index (χ1n) is 6.45. The van der Waals surface area contributed by atoms with Gasteiger partial charge in [0.15, 0.2) is 0 Å². The first kappa shape index (κ1) is 11.7. The summed E-state index contributed by atoms with van der Waals surface area (Å²) >= 11 is 0. The second kappa shape index (κ2) is 4.75. The van der Waals surface area contributed by atoms with Crippen LogP contribution in [0, 0.1) is 0 Å². The molecule has 0 aliphatic rings. The highest BCUT2D eigenvalue weighted by molar-refractivity contribution is 5.84. The molecule has 0 bridgehead atoms. The molecule has 4 rings (SSSR count). The lowest BCUT2D eigenvalue weighted by Gasteiger charge is -2.02. The quantitative estimate of drug-likeness (QED) is 0.607. The summed E-state index contributed by atoms with van der Waals surface area (Å²) < 4.78 is 0. The zero-order valence-electron chi connectivity index (χ0n) is 10.9. The summed E-state index contributed by atoms with van der Waals surface area (Å²) in [5, 5.41) is 11.1. The van der Waals surface area contributed by atoms with Crippen LogP contribution in [0.4, 0.5) is 0 Å². The van der Waals surface area contributed by atoms with Gasteiger partial charge >= 0.3 is 0 Å². The van der Waals surface area contributed by atoms with E-state index in [1.165, 1.54) is 0 Å². The van der Waals surface area contributed by atoms with E-state index >= 15 is 0 Å². The van der Waals surface area contributed by atoms with Crippen molar-refractivity contribution in [3.05, 3.63) is 55.0 Å². The number of H-pyrrole nitrogens is 1. The highest BCUT2D eigenvalue weighted by Gasteiger charge is 2.13. The van der Waals surface area contributed by atoms with E-state index in [2.05, 4.69) is 30.4 Å². The molecule has 0 fully saturated rings. The van der Waals surface area contributed by atoms with Crippen LogP contribution in [0.25, 0.3) is 33.7 Å². The maximum atomic E-state index is 4.32. The molecule has 0 amide bonds. The smallest absolute Gasteiger partial charge is 0.139 e. The fourth-order valence-corrected chi connectivity index (χ4v) is 2.22. The highest BCUT2D eigenvalue weighted by atomic mass is 15.3. The van der Waals surface area contributed by atoms with Crippen LogP contribution in [0.1, 0.15) is 0 Å². The Bertz CT molecular complexity index is 900. The summed E-state index contributed by atoms with van der Waals surface area (Å²) in [6.07, 6.45) is 5.09. The molecule has 0 atom stereocenters. The molecule has 6 heteroatoms. The molecule has 3 aromatic heterocycles. The molecule has 0 spiro atoms. The van der Waals surface area contributed by atoms with Gasteiger partial charge < -0.3 is 0 Å². The molecule has 100 valence electrons. The summed E-state index contributed by atoms with van der Waals surface area (Å²) in [5.74, 6) is 0. The summed E-state index contributed by atoms with van der Waals surface area (Å²) in [5.41, 5.74) is 4.85. The first-order chi connectivity index (χ1) is 10.4. The van der Waals surface area contributed by atoms with E-state index < -0.39 is 0 Å². The normalized spacial score (nSPS) is 10.9. The molecule has 1 aromatic carbocycles. The molecule has 0 saturated heterocycles. The maximum absolute atomic E-state index is 4.32. The Hall–Kier alpha value is -3.15. The second-order valence-corrected chi connectivity index (χ2v) is 4.50. The number of pyridine rings is 1. The third-order valence-electron chi connectivity index (χ3n) is 3.20. The van der Waals surface area contributed by atoms with Crippen molar-refractivity contribution in [1.82, 2.24) is 30.4 Å². The van der Waals surface area contributed by atoms with Gasteiger partial charge in [-0.15, -0.1) is 0 Å². The van der Waals surface area contributed by atoms with Crippen molar-refractivity contribution in [2.75, 3.05) is 0 Å². The molecule has 21 heavy (non-hydrogen) atoms. The lowest BCUT2D eigenvalue weighted by Crippen LogP contribution is -1.88. The van der Waals surface area contributed by atoms with Crippen LogP contribution in [0.15, 0.2) is 55.0 Å². The maximum Gasteiger partial charge on any atom is 0.139 e. The molecule has 3 heterocycles. The summed E-state index contributed by atoms with van der Waals surface area (Å²) in [7, 11) is 0. The molecule has 0 unspecified atom stereocenters. The molecule has 1 N–H and O–H groups in total. The number of rotatable bonds is 2. The largest absolute Gasteiger partial charge is 0.254 e. The molecule has 6 nitrogen and oxygen atoms in total. The van der Waals surface area contributed by atoms with Crippen LogP contribution in [-0.2, 0) is 0 Å². The SMILES string of the molecule is c1ccc(-c2n[nH]nc2-c2ccc3nccnc3c2)nc1. The molecular formula is C15H10N6. The van der Waals surface area contributed by atoms with Crippen molar-refractivity contribution in [3.8, 4) is 22.6 Å². The van der Waals surface area contributed by atoms with E-state index in [0.29, 0.717) is 0 Å². The number of aromatic nitrogens is 6. The Kier molecular flexibility index (Phi) is 2.64. The topological polar surface area (TPSA) is 80.2 Å². The molecule has 0 radical (unpaired) electrons. The Morgan fingerprint density at radius 1 is 0.714 bits per heavy atom. The van der Waals surface area contributed by atoms with Gasteiger partial charge in [0.2, 0.25) is 0 Å². The van der Waals surface area contributed by atoms with Gasteiger partial charge in [-0.2, -0.15) is 15.4 Å². The number of benzene rings is 1. The van der Waals surface area contributed by atoms with E-state index in [1.807, 2.05) is 36.4 Å². The van der Waals surface area contributed by atoms with Gasteiger partial charge in [-0.3, -0.25) is 15.0 Å². The van der Waals surface area contributed by atoms with Crippen molar-refractivity contribution in [1.29, 1.82) is 0 Å². The number of fused-ring (bicyclic) bond motifs is 1. The van der Waals surface area contributed by atoms with Gasteiger partial charge in [0.05, 0.1) is 16.7 Å². The zero-order valence-corrected chi connectivity index (χ0v) is 10.9. The van der Waals surface area contributed by atoms with Crippen LogP contribution in [0.5, 0.6) is 0 Å². The van der Waals surface area contributed by atoms with Gasteiger partial charge in [0.25, 0.3) is 0 Å². The van der Waals surface area contributed by atoms with Crippen LogP contribution in [0.3, 0.4) is 0 Å². The number of nitrogens with zero attached hydrogens (tertiary/aromatic N) is 5. The number of nitrogens with one attached hydrogen (secondary N) is 1. The Balaban J connectivity index is 1.88. The lowest BCUT2D eigenvalue weighted by molar-refractivity contribution is 0.942. The van der Waals surface area contributed by atoms with Crippen molar-refractivity contribution < 1.29 is 0 Å². The predicted octanol–water partition coefficient (Wildman–Crippen LogP) is 2.48. The average Bonchev–Trinajstić information content (AvgIpc) is 3.05. The molecule has 0 aliphatic heterocycles. The van der Waals surface area contributed by atoms with Crippen molar-refractivity contribution in [2.24, 2.45) is 0 Å². The van der Waals surface area contributed by atoms with Gasteiger partial charge in [0.1, 0.15) is 11.4 Å². The Morgan fingerprint density at radius 3 is 2.43 bits per heavy atom. The minimum atomic E-state index is 0.721. The number of aromatic amines is 1. The second-order valence-electron chi connectivity index (χ2n) is 4.50. The lowest BCUT2D eigenvalue weighted by atomic mass is 10.1. The van der Waals surface area contributed by atoms with Crippen LogP contribution >= 0.6 is 0 Å². The van der Waals surface area contributed by atoms with E-state index in [9.17, 15) is 0 Å². The summed E-state index contributed by atoms with van der Waals surface area (Å²) in [4.78, 5) is 12.9. The van der Waals surface area contributed by atoms with Gasteiger partial charge in [-0.1, -0.05) is 12.1 Å². The van der Waals surface area contributed by atoms with Crippen LogP contribution in [0.2, 0.25) is 0 Å². The number of hydrogen-bond acceptors (Lipinski definition) is 5. The van der Waals surface area contributed by atoms with E-state index in [1.54, 1.807) is 18.6 Å². The molecule has 0 saturated carbocycles. The van der Waals surface area contributed by atoms with E-state index in [4.69, 9.17) is 0 Å². The van der Waals surface area contributed by atoms with Gasteiger partial charge in [0, 0.05) is 24.2 Å². The summed E-state index contributed by atoms with van der Waals surface area (Å²) in [6, 6.07) is 11.5. The number of hydrogen-bond donors (Lipinski definition) is 1. The predicted molar refractivity (Wildman–Crippen MR) is 78.1 cm³/mol. The fraction of sp³-hybridized carbons (Fsp3) is 0. The van der Waals surface area contributed by atoms with Crippen LogP contribution < -0.4 is 0 Å². The third kappa shape index (κ3) is 2.02. The van der Waals surface area contributed by atoms with Crippen molar-refractivity contribution in [3.63, 3.8) is 0 Å². The first-order valence-corrected chi connectivity index (χ1v) is 6.45. The minimum absolute atomic E-state index is 0.721. The highest BCUT2D eigenvalue weighted by Crippen LogP contribution is 2.28. The molecular weight excluding hydrogens is 264 g/mol. The van der Waals surface area contributed by atoms with E-state index in [0.717, 1.165) is 33.7 Å².